The zero-order valence-electron chi connectivity index (χ0n) is 16.0. The number of thiazole rings is 1. The average Bonchev–Trinajstić information content (AvgIpc) is 3.18. The highest BCUT2D eigenvalue weighted by molar-refractivity contribution is 7.18. The number of carbonyl (C=O) groups excluding carboxylic acids is 1. The molecule has 146 valence electrons. The van der Waals surface area contributed by atoms with E-state index < -0.39 is 0 Å². The van der Waals surface area contributed by atoms with Gasteiger partial charge in [0, 0.05) is 6.54 Å². The van der Waals surface area contributed by atoms with E-state index in [2.05, 4.69) is 6.07 Å². The van der Waals surface area contributed by atoms with Crippen LogP contribution in [0.5, 0.6) is 11.5 Å². The van der Waals surface area contributed by atoms with Crippen molar-refractivity contribution in [3.63, 3.8) is 0 Å². The molecule has 6 heteroatoms. The highest BCUT2D eigenvalue weighted by atomic mass is 32.1. The number of likely N-dealkylation sites (tertiary alicyclic amines) is 1. The zero-order valence-corrected chi connectivity index (χ0v) is 16.8. The summed E-state index contributed by atoms with van der Waals surface area (Å²) in [5.74, 6) is 1.47. The maximum Gasteiger partial charge on any atom is 0.226 e. The Bertz CT molecular complexity index is 923. The summed E-state index contributed by atoms with van der Waals surface area (Å²) in [7, 11) is 1.61. The van der Waals surface area contributed by atoms with Gasteiger partial charge in [0.2, 0.25) is 5.91 Å². The van der Waals surface area contributed by atoms with Crippen LogP contribution in [0, 0.1) is 0 Å². The van der Waals surface area contributed by atoms with Crippen molar-refractivity contribution in [2.45, 2.75) is 31.7 Å². The van der Waals surface area contributed by atoms with Crippen molar-refractivity contribution in [3.8, 4) is 11.5 Å². The number of benzene rings is 2. The van der Waals surface area contributed by atoms with Gasteiger partial charge in [-0.15, -0.1) is 11.3 Å². The van der Waals surface area contributed by atoms with Crippen molar-refractivity contribution >= 4 is 27.5 Å². The summed E-state index contributed by atoms with van der Waals surface area (Å²) in [6.45, 7) is 1.12. The van der Waals surface area contributed by atoms with Crippen LogP contribution in [0.3, 0.4) is 0 Å². The Morgan fingerprint density at radius 3 is 2.75 bits per heavy atom. The SMILES string of the molecule is COc1ccccc1OCCC(=O)N1CCCCC1c1nc2ccccc2s1. The fourth-order valence-corrected chi connectivity index (χ4v) is 4.76. The molecule has 1 atom stereocenters. The number of piperidine rings is 1. The molecule has 2 aromatic carbocycles. The minimum atomic E-state index is 0.0740. The number of para-hydroxylation sites is 3. The predicted molar refractivity (Wildman–Crippen MR) is 111 cm³/mol. The topological polar surface area (TPSA) is 51.7 Å². The lowest BCUT2D eigenvalue weighted by molar-refractivity contribution is -0.135. The van der Waals surface area contributed by atoms with Gasteiger partial charge in [0.1, 0.15) is 5.01 Å². The zero-order chi connectivity index (χ0) is 19.3. The Hall–Kier alpha value is -2.60. The lowest BCUT2D eigenvalue weighted by Crippen LogP contribution is -2.39. The van der Waals surface area contributed by atoms with Gasteiger partial charge in [0.15, 0.2) is 11.5 Å². The first-order valence-electron chi connectivity index (χ1n) is 9.67. The quantitative estimate of drug-likeness (QED) is 0.599. The van der Waals surface area contributed by atoms with Gasteiger partial charge in [-0.05, 0) is 43.5 Å². The van der Waals surface area contributed by atoms with Crippen LogP contribution < -0.4 is 9.47 Å². The Morgan fingerprint density at radius 1 is 1.14 bits per heavy atom. The molecule has 0 N–H and O–H groups in total. The first kappa shape index (κ1) is 18.7. The summed E-state index contributed by atoms with van der Waals surface area (Å²) in [4.78, 5) is 19.7. The molecule has 0 radical (unpaired) electrons. The van der Waals surface area contributed by atoms with Crippen LogP contribution in [-0.4, -0.2) is 36.1 Å². The van der Waals surface area contributed by atoms with E-state index >= 15 is 0 Å². The van der Waals surface area contributed by atoms with E-state index in [1.165, 1.54) is 4.70 Å². The third kappa shape index (κ3) is 3.97. The van der Waals surface area contributed by atoms with E-state index in [9.17, 15) is 4.79 Å². The first-order chi connectivity index (χ1) is 13.8. The van der Waals surface area contributed by atoms with Gasteiger partial charge in [-0.1, -0.05) is 24.3 Å². The summed E-state index contributed by atoms with van der Waals surface area (Å²) < 4.78 is 12.3. The number of aromatic nitrogens is 1. The molecular formula is C22H24N2O3S. The number of hydrogen-bond acceptors (Lipinski definition) is 5. The smallest absolute Gasteiger partial charge is 0.226 e. The Balaban J connectivity index is 1.43. The molecule has 1 aromatic heterocycles. The fraction of sp³-hybridized carbons (Fsp3) is 0.364. The summed E-state index contributed by atoms with van der Waals surface area (Å²) in [5.41, 5.74) is 1.01. The molecule has 1 saturated heterocycles. The molecule has 1 amide bonds. The number of ether oxygens (including phenoxy) is 2. The molecule has 1 fully saturated rings. The highest BCUT2D eigenvalue weighted by Crippen LogP contribution is 2.36. The summed E-state index contributed by atoms with van der Waals surface area (Å²) in [6.07, 6.45) is 3.49. The van der Waals surface area contributed by atoms with Gasteiger partial charge in [-0.3, -0.25) is 4.79 Å². The Labute approximate surface area is 168 Å². The number of nitrogens with zero attached hydrogens (tertiary/aromatic N) is 2. The molecule has 28 heavy (non-hydrogen) atoms. The summed E-state index contributed by atoms with van der Waals surface area (Å²) in [6, 6.07) is 15.7. The maximum absolute atomic E-state index is 12.9. The second kappa shape index (κ2) is 8.61. The van der Waals surface area contributed by atoms with Crippen molar-refractivity contribution in [2.75, 3.05) is 20.3 Å². The van der Waals surface area contributed by atoms with Crippen molar-refractivity contribution in [2.24, 2.45) is 0 Å². The fourth-order valence-electron chi connectivity index (χ4n) is 3.65. The molecule has 1 aliphatic rings. The number of methoxy groups -OCH3 is 1. The van der Waals surface area contributed by atoms with E-state index in [0.717, 1.165) is 36.3 Å². The van der Waals surface area contributed by atoms with Crippen LogP contribution in [0.4, 0.5) is 0 Å². The molecule has 0 spiro atoms. The molecule has 1 aliphatic heterocycles. The normalized spacial score (nSPS) is 16.9. The third-order valence-corrected chi connectivity index (χ3v) is 6.20. The number of amides is 1. The largest absolute Gasteiger partial charge is 0.493 e. The van der Waals surface area contributed by atoms with Crippen LogP contribution in [0.2, 0.25) is 0 Å². The average molecular weight is 397 g/mol. The molecule has 0 bridgehead atoms. The van der Waals surface area contributed by atoms with Crippen molar-refractivity contribution in [1.29, 1.82) is 0 Å². The van der Waals surface area contributed by atoms with Crippen LogP contribution in [0.1, 0.15) is 36.7 Å². The number of fused-ring (bicyclic) bond motifs is 1. The lowest BCUT2D eigenvalue weighted by atomic mass is 10.0. The van der Waals surface area contributed by atoms with Gasteiger partial charge < -0.3 is 14.4 Å². The molecule has 0 aliphatic carbocycles. The Morgan fingerprint density at radius 2 is 1.93 bits per heavy atom. The van der Waals surface area contributed by atoms with Crippen LogP contribution in [-0.2, 0) is 4.79 Å². The third-order valence-electron chi connectivity index (χ3n) is 5.06. The van der Waals surface area contributed by atoms with Gasteiger partial charge in [-0.25, -0.2) is 4.98 Å². The predicted octanol–water partition coefficient (Wildman–Crippen LogP) is 4.83. The molecule has 5 nitrogen and oxygen atoms in total. The molecule has 0 saturated carbocycles. The van der Waals surface area contributed by atoms with Gasteiger partial charge in [-0.2, -0.15) is 0 Å². The minimum Gasteiger partial charge on any atom is -0.493 e. The Kier molecular flexibility index (Phi) is 5.76. The van der Waals surface area contributed by atoms with Crippen molar-refractivity contribution in [1.82, 2.24) is 9.88 Å². The molecular weight excluding hydrogens is 372 g/mol. The monoisotopic (exact) mass is 396 g/mol. The van der Waals surface area contributed by atoms with E-state index in [0.29, 0.717) is 24.5 Å². The highest BCUT2D eigenvalue weighted by Gasteiger charge is 2.30. The molecule has 2 heterocycles. The molecule has 4 rings (SSSR count). The van der Waals surface area contributed by atoms with E-state index in [1.807, 2.05) is 47.4 Å². The lowest BCUT2D eigenvalue weighted by Gasteiger charge is -2.34. The second-order valence-corrected chi connectivity index (χ2v) is 7.93. The maximum atomic E-state index is 12.9. The van der Waals surface area contributed by atoms with E-state index in [4.69, 9.17) is 14.5 Å². The van der Waals surface area contributed by atoms with Gasteiger partial charge >= 0.3 is 0 Å². The van der Waals surface area contributed by atoms with E-state index in [1.54, 1.807) is 18.4 Å². The first-order valence-corrected chi connectivity index (χ1v) is 10.5. The van der Waals surface area contributed by atoms with Gasteiger partial charge in [0.25, 0.3) is 0 Å². The minimum absolute atomic E-state index is 0.0740. The molecule has 3 aromatic rings. The summed E-state index contributed by atoms with van der Waals surface area (Å²) >= 11 is 1.70. The van der Waals surface area contributed by atoms with Crippen molar-refractivity contribution < 1.29 is 14.3 Å². The summed E-state index contributed by atoms with van der Waals surface area (Å²) in [5, 5.41) is 1.04. The number of carbonyl (C=O) groups is 1. The van der Waals surface area contributed by atoms with Crippen molar-refractivity contribution in [3.05, 3.63) is 53.5 Å². The van der Waals surface area contributed by atoms with E-state index in [-0.39, 0.29) is 11.9 Å². The van der Waals surface area contributed by atoms with Crippen LogP contribution >= 0.6 is 11.3 Å². The standard InChI is InChI=1S/C22H24N2O3S/c1-26-18-10-3-4-11-19(18)27-15-13-21(25)24-14-7-6-9-17(24)22-23-16-8-2-5-12-20(16)28-22/h2-5,8,10-12,17H,6-7,9,13-15H2,1H3. The van der Waals surface area contributed by atoms with Crippen LogP contribution in [0.15, 0.2) is 48.5 Å². The van der Waals surface area contributed by atoms with Gasteiger partial charge in [0.05, 0.1) is 36.4 Å². The molecule has 1 unspecified atom stereocenters. The number of hydrogen-bond donors (Lipinski definition) is 0. The van der Waals surface area contributed by atoms with Crippen LogP contribution in [0.25, 0.3) is 10.2 Å². The second-order valence-electron chi connectivity index (χ2n) is 6.87. The number of rotatable bonds is 6.